The molecule has 0 spiro atoms. The Kier molecular flexibility index (Phi) is 7.45. The predicted molar refractivity (Wildman–Crippen MR) is 91.2 cm³/mol. The maximum Gasteiger partial charge on any atom is 0.228 e. The number of hydrogen-bond donors (Lipinski definition) is 2. The summed E-state index contributed by atoms with van der Waals surface area (Å²) in [7, 11) is 1.75. The van der Waals surface area contributed by atoms with Gasteiger partial charge in [0.1, 0.15) is 0 Å². The minimum absolute atomic E-state index is 0.160. The molecule has 1 aliphatic rings. The summed E-state index contributed by atoms with van der Waals surface area (Å²) < 4.78 is 16.3. The highest BCUT2D eigenvalue weighted by molar-refractivity contribution is 5.79. The third-order valence-electron chi connectivity index (χ3n) is 3.71. The van der Waals surface area contributed by atoms with Crippen LogP contribution < -0.4 is 10.6 Å². The van der Waals surface area contributed by atoms with Crippen molar-refractivity contribution in [1.82, 2.24) is 20.8 Å². The lowest BCUT2D eigenvalue weighted by Gasteiger charge is -2.19. The fourth-order valence-electron chi connectivity index (χ4n) is 2.29. The van der Waals surface area contributed by atoms with E-state index < -0.39 is 0 Å². The van der Waals surface area contributed by atoms with E-state index in [0.29, 0.717) is 32.1 Å². The lowest BCUT2D eigenvalue weighted by molar-refractivity contribution is 0.0347. The zero-order valence-electron chi connectivity index (χ0n) is 15.0. The Morgan fingerprint density at radius 3 is 2.88 bits per heavy atom. The smallest absolute Gasteiger partial charge is 0.228 e. The first-order valence-electron chi connectivity index (χ1n) is 8.57. The molecule has 2 rings (SSSR count). The highest BCUT2D eigenvalue weighted by atomic mass is 16.5. The van der Waals surface area contributed by atoms with Crippen molar-refractivity contribution in [2.75, 3.05) is 33.4 Å². The van der Waals surface area contributed by atoms with Crippen LogP contribution in [0.1, 0.15) is 44.8 Å². The number of nitrogens with one attached hydrogen (secondary N) is 2. The van der Waals surface area contributed by atoms with Crippen molar-refractivity contribution < 1.29 is 14.0 Å². The van der Waals surface area contributed by atoms with Gasteiger partial charge in [-0.1, -0.05) is 19.0 Å². The van der Waals surface area contributed by atoms with E-state index in [1.807, 2.05) is 13.8 Å². The van der Waals surface area contributed by atoms with E-state index in [-0.39, 0.29) is 18.1 Å². The molecule has 8 heteroatoms. The number of rotatable bonds is 8. The molecule has 0 saturated carbocycles. The molecule has 1 aromatic heterocycles. The number of guanidine groups is 1. The molecule has 0 radical (unpaired) electrons. The second-order valence-electron chi connectivity index (χ2n) is 6.31. The first-order chi connectivity index (χ1) is 11.6. The van der Waals surface area contributed by atoms with Crippen LogP contribution in [0.15, 0.2) is 9.52 Å². The molecule has 0 bridgehead atoms. The summed E-state index contributed by atoms with van der Waals surface area (Å²) in [5.74, 6) is 2.39. The fraction of sp³-hybridized carbons (Fsp3) is 0.812. The molecule has 1 fully saturated rings. The maximum atomic E-state index is 5.81. The highest BCUT2D eigenvalue weighted by Crippen LogP contribution is 2.09. The van der Waals surface area contributed by atoms with Crippen LogP contribution in [-0.2, 0) is 15.9 Å². The molecule has 1 saturated heterocycles. The van der Waals surface area contributed by atoms with Crippen LogP contribution in [0.5, 0.6) is 0 Å². The first-order valence-corrected chi connectivity index (χ1v) is 8.57. The van der Waals surface area contributed by atoms with Crippen molar-refractivity contribution in [3.8, 4) is 0 Å². The highest BCUT2D eigenvalue weighted by Gasteiger charge is 2.17. The van der Waals surface area contributed by atoms with Crippen molar-refractivity contribution in [2.45, 2.75) is 51.7 Å². The molecule has 0 aromatic carbocycles. The maximum absolute atomic E-state index is 5.81. The van der Waals surface area contributed by atoms with E-state index in [4.69, 9.17) is 14.0 Å². The summed E-state index contributed by atoms with van der Waals surface area (Å²) in [5, 5.41) is 10.5. The Morgan fingerprint density at radius 2 is 2.25 bits per heavy atom. The van der Waals surface area contributed by atoms with Gasteiger partial charge in [-0.15, -0.1) is 0 Å². The van der Waals surface area contributed by atoms with Gasteiger partial charge in [-0.25, -0.2) is 0 Å². The third-order valence-corrected chi connectivity index (χ3v) is 3.71. The molecule has 2 heterocycles. The Hall–Kier alpha value is -1.67. The quantitative estimate of drug-likeness (QED) is 0.541. The molecule has 2 N–H and O–H groups in total. The number of aliphatic imine (C=N–C) groups is 1. The largest absolute Gasteiger partial charge is 0.379 e. The second-order valence-corrected chi connectivity index (χ2v) is 6.31. The van der Waals surface area contributed by atoms with E-state index in [2.05, 4.69) is 32.7 Å². The summed E-state index contributed by atoms with van der Waals surface area (Å²) in [6.45, 7) is 8.93. The van der Waals surface area contributed by atoms with Gasteiger partial charge in [-0.2, -0.15) is 4.98 Å². The Labute approximate surface area is 143 Å². The van der Waals surface area contributed by atoms with Gasteiger partial charge in [0.2, 0.25) is 5.89 Å². The van der Waals surface area contributed by atoms with Gasteiger partial charge in [0.25, 0.3) is 0 Å². The molecule has 2 atom stereocenters. The summed E-state index contributed by atoms with van der Waals surface area (Å²) in [5.41, 5.74) is 0. The zero-order valence-corrected chi connectivity index (χ0v) is 15.0. The van der Waals surface area contributed by atoms with E-state index >= 15 is 0 Å². The Balaban J connectivity index is 1.65. The zero-order chi connectivity index (χ0) is 17.4. The van der Waals surface area contributed by atoms with Gasteiger partial charge in [-0.05, 0) is 13.3 Å². The first kappa shape index (κ1) is 18.7. The van der Waals surface area contributed by atoms with Gasteiger partial charge < -0.3 is 24.6 Å². The molecular weight excluding hydrogens is 310 g/mol. The molecule has 2 unspecified atom stereocenters. The predicted octanol–water partition coefficient (Wildman–Crippen LogP) is 1.09. The topological polar surface area (TPSA) is 93.8 Å². The number of nitrogens with zero attached hydrogens (tertiary/aromatic N) is 3. The van der Waals surface area contributed by atoms with Gasteiger partial charge in [-0.3, -0.25) is 4.99 Å². The van der Waals surface area contributed by atoms with E-state index in [1.165, 1.54) is 0 Å². The van der Waals surface area contributed by atoms with Crippen LogP contribution in [0.25, 0.3) is 0 Å². The standard InChI is InChI=1S/C16H29N5O3/c1-11(2)15-20-14(24-21-15)5-7-18-16(17-4)19-12(3)9-23-13-6-8-22-10-13/h11-13H,5-10H2,1-4H3,(H2,17,18,19). The Bertz CT molecular complexity index is 512. The summed E-state index contributed by atoms with van der Waals surface area (Å²) in [4.78, 5) is 8.58. The lowest BCUT2D eigenvalue weighted by atomic mass is 10.2. The summed E-state index contributed by atoms with van der Waals surface area (Å²) >= 11 is 0. The van der Waals surface area contributed by atoms with Gasteiger partial charge in [0.15, 0.2) is 11.8 Å². The van der Waals surface area contributed by atoms with Crippen LogP contribution in [0, 0.1) is 0 Å². The van der Waals surface area contributed by atoms with Gasteiger partial charge >= 0.3 is 0 Å². The molecule has 1 aliphatic heterocycles. The summed E-state index contributed by atoms with van der Waals surface area (Å²) in [6, 6.07) is 0.160. The number of hydrogen-bond acceptors (Lipinski definition) is 6. The van der Waals surface area contributed by atoms with Crippen LogP contribution in [0.2, 0.25) is 0 Å². The lowest BCUT2D eigenvalue weighted by Crippen LogP contribution is -2.45. The molecule has 0 aliphatic carbocycles. The van der Waals surface area contributed by atoms with Crippen molar-refractivity contribution in [3.05, 3.63) is 11.7 Å². The molecule has 24 heavy (non-hydrogen) atoms. The average molecular weight is 339 g/mol. The van der Waals surface area contributed by atoms with Gasteiger partial charge in [0, 0.05) is 38.6 Å². The van der Waals surface area contributed by atoms with Crippen molar-refractivity contribution in [1.29, 1.82) is 0 Å². The van der Waals surface area contributed by atoms with Crippen molar-refractivity contribution in [3.63, 3.8) is 0 Å². The molecule has 8 nitrogen and oxygen atoms in total. The monoisotopic (exact) mass is 339 g/mol. The minimum Gasteiger partial charge on any atom is -0.379 e. The van der Waals surface area contributed by atoms with Crippen LogP contribution >= 0.6 is 0 Å². The molecule has 0 amide bonds. The van der Waals surface area contributed by atoms with Crippen LogP contribution in [0.3, 0.4) is 0 Å². The Morgan fingerprint density at radius 1 is 1.42 bits per heavy atom. The minimum atomic E-state index is 0.160. The van der Waals surface area contributed by atoms with E-state index in [1.54, 1.807) is 7.05 Å². The van der Waals surface area contributed by atoms with Gasteiger partial charge in [0.05, 0.1) is 19.3 Å². The van der Waals surface area contributed by atoms with Crippen LogP contribution in [-0.4, -0.2) is 61.7 Å². The van der Waals surface area contributed by atoms with Crippen molar-refractivity contribution >= 4 is 5.96 Å². The number of aromatic nitrogens is 2. The number of ether oxygens (including phenoxy) is 2. The molecule has 136 valence electrons. The third kappa shape index (κ3) is 6.09. The molecular formula is C16H29N5O3. The fourth-order valence-corrected chi connectivity index (χ4v) is 2.29. The van der Waals surface area contributed by atoms with Crippen LogP contribution in [0.4, 0.5) is 0 Å². The van der Waals surface area contributed by atoms with Crippen molar-refractivity contribution in [2.24, 2.45) is 4.99 Å². The van der Waals surface area contributed by atoms with E-state index in [9.17, 15) is 0 Å². The molecule has 1 aromatic rings. The SMILES string of the molecule is CN=C(NCCc1nc(C(C)C)no1)NC(C)COC1CCOC1. The second kappa shape index (κ2) is 9.58. The average Bonchev–Trinajstić information content (AvgIpc) is 3.23. The normalized spacial score (nSPS) is 19.7. The summed E-state index contributed by atoms with van der Waals surface area (Å²) in [6.07, 6.45) is 1.85. The van der Waals surface area contributed by atoms with E-state index in [0.717, 1.165) is 24.8 Å².